The van der Waals surface area contributed by atoms with Crippen LogP contribution in [0.5, 0.6) is 0 Å². The number of aryl methyl sites for hydroxylation is 2. The fraction of sp³-hybridized carbons (Fsp3) is 0.360. The topological polar surface area (TPSA) is 64.7 Å². The van der Waals surface area contributed by atoms with Gasteiger partial charge in [0.25, 0.3) is 0 Å². The second-order valence-electron chi connectivity index (χ2n) is 9.08. The molecule has 0 N–H and O–H groups in total. The fourth-order valence-electron chi connectivity index (χ4n) is 4.61. The minimum atomic E-state index is -4.49. The van der Waals surface area contributed by atoms with Gasteiger partial charge in [0.2, 0.25) is 0 Å². The molecule has 0 radical (unpaired) electrons. The molecule has 0 aliphatic carbocycles. The highest BCUT2D eigenvalue weighted by atomic mass is 19.4. The van der Waals surface area contributed by atoms with E-state index in [9.17, 15) is 13.2 Å². The Hall–Kier alpha value is -3.69. The predicted molar refractivity (Wildman–Crippen MR) is 127 cm³/mol. The molecule has 0 amide bonds. The van der Waals surface area contributed by atoms with Crippen LogP contribution in [0.2, 0.25) is 0 Å². The fourth-order valence-corrected chi connectivity index (χ4v) is 4.61. The van der Waals surface area contributed by atoms with Crippen LogP contribution < -0.4 is 4.90 Å². The number of nitrogens with zero attached hydrogens (tertiary/aromatic N) is 7. The smallest absolute Gasteiger partial charge is 0.349 e. The van der Waals surface area contributed by atoms with Crippen LogP contribution in [0.15, 0.2) is 42.9 Å². The van der Waals surface area contributed by atoms with Gasteiger partial charge in [-0.25, -0.2) is 15.0 Å². The number of halogens is 3. The van der Waals surface area contributed by atoms with E-state index in [-0.39, 0.29) is 11.7 Å². The molecule has 7 nitrogen and oxygen atoms in total. The van der Waals surface area contributed by atoms with Gasteiger partial charge in [-0.15, -0.1) is 0 Å². The highest BCUT2D eigenvalue weighted by Gasteiger charge is 2.34. The predicted octanol–water partition coefficient (Wildman–Crippen LogP) is 5.21. The highest BCUT2D eigenvalue weighted by molar-refractivity contribution is 5.67. The molecule has 4 aromatic rings. The zero-order valence-electron chi connectivity index (χ0n) is 20.0. The molecule has 0 saturated heterocycles. The number of hydrogen-bond donors (Lipinski definition) is 0. The van der Waals surface area contributed by atoms with E-state index < -0.39 is 11.9 Å². The van der Waals surface area contributed by atoms with Crippen molar-refractivity contribution in [2.45, 2.75) is 46.0 Å². The Labute approximate surface area is 201 Å². The molecule has 10 heteroatoms. The lowest BCUT2D eigenvalue weighted by molar-refractivity contribution is -0.140. The Kier molecular flexibility index (Phi) is 5.61. The number of anilines is 1. The normalized spacial score (nSPS) is 14.0. The second-order valence-corrected chi connectivity index (χ2v) is 9.08. The van der Waals surface area contributed by atoms with Gasteiger partial charge in [0.05, 0.1) is 23.6 Å². The van der Waals surface area contributed by atoms with E-state index in [0.717, 1.165) is 53.6 Å². The molecule has 5 heterocycles. The van der Waals surface area contributed by atoms with Gasteiger partial charge in [0, 0.05) is 49.9 Å². The van der Waals surface area contributed by atoms with E-state index in [2.05, 4.69) is 44.3 Å². The van der Waals surface area contributed by atoms with Crippen molar-refractivity contribution >= 4 is 5.82 Å². The van der Waals surface area contributed by atoms with Crippen molar-refractivity contribution in [3.05, 3.63) is 65.8 Å². The molecular formula is C25H26F3N7. The molecule has 182 valence electrons. The average molecular weight is 482 g/mol. The van der Waals surface area contributed by atoms with E-state index in [0.29, 0.717) is 12.1 Å². The minimum absolute atomic E-state index is 0.226. The van der Waals surface area contributed by atoms with Gasteiger partial charge in [0.1, 0.15) is 17.5 Å². The summed E-state index contributed by atoms with van der Waals surface area (Å²) < 4.78 is 42.7. The lowest BCUT2D eigenvalue weighted by Crippen LogP contribution is -2.34. The van der Waals surface area contributed by atoms with Gasteiger partial charge in [-0.05, 0) is 37.1 Å². The van der Waals surface area contributed by atoms with Crippen LogP contribution in [0.25, 0.3) is 22.6 Å². The quantitative estimate of drug-likeness (QED) is 0.400. The third-order valence-electron chi connectivity index (χ3n) is 6.33. The maximum Gasteiger partial charge on any atom is 0.434 e. The van der Waals surface area contributed by atoms with Crippen LogP contribution in [0.1, 0.15) is 42.7 Å². The van der Waals surface area contributed by atoms with Gasteiger partial charge in [-0.3, -0.25) is 4.98 Å². The second kappa shape index (κ2) is 8.51. The van der Waals surface area contributed by atoms with Crippen molar-refractivity contribution < 1.29 is 13.2 Å². The molecule has 0 spiro atoms. The van der Waals surface area contributed by atoms with E-state index in [1.165, 1.54) is 4.57 Å². The van der Waals surface area contributed by atoms with Crippen LogP contribution in [0.4, 0.5) is 19.0 Å². The summed E-state index contributed by atoms with van der Waals surface area (Å²) in [7, 11) is 1.55. The Morgan fingerprint density at radius 3 is 2.49 bits per heavy atom. The summed E-state index contributed by atoms with van der Waals surface area (Å²) in [6, 6.07) is 7.60. The Bertz CT molecular complexity index is 1370. The largest absolute Gasteiger partial charge is 0.434 e. The Morgan fingerprint density at radius 2 is 1.83 bits per heavy atom. The summed E-state index contributed by atoms with van der Waals surface area (Å²) in [5, 5.41) is 0. The van der Waals surface area contributed by atoms with Crippen molar-refractivity contribution in [2.75, 3.05) is 11.4 Å². The molecule has 0 saturated carbocycles. The van der Waals surface area contributed by atoms with E-state index in [4.69, 9.17) is 4.98 Å². The molecule has 1 aliphatic heterocycles. The average Bonchev–Trinajstić information content (AvgIpc) is 3.39. The van der Waals surface area contributed by atoms with E-state index in [1.807, 2.05) is 25.3 Å². The molecule has 35 heavy (non-hydrogen) atoms. The van der Waals surface area contributed by atoms with Gasteiger partial charge >= 0.3 is 6.18 Å². The molecule has 0 fully saturated rings. The summed E-state index contributed by atoms with van der Waals surface area (Å²) in [5.41, 5.74) is 3.72. The maximum atomic E-state index is 13.0. The molecule has 5 rings (SSSR count). The van der Waals surface area contributed by atoms with Gasteiger partial charge in [-0.2, -0.15) is 13.2 Å². The SMILES string of the molecule is Cc1nc(-c2cccnc2C(C)C)c2n1CCN(c1ccc(-c3nc(C(F)(F)F)cn3C)cn1)C2. The Morgan fingerprint density at radius 1 is 1.03 bits per heavy atom. The van der Waals surface area contributed by atoms with Crippen molar-refractivity contribution in [2.24, 2.45) is 7.05 Å². The standard InChI is InChI=1S/C25H26F3N7/c1-15(2)22-18(6-5-9-29-22)23-19-13-34(10-11-35(19)16(3)31-23)21-8-7-17(12-30-21)24-32-20(14-33(24)4)25(26,27)28/h5-9,12,14-15H,10-11,13H2,1-4H3. The number of hydrogen-bond acceptors (Lipinski definition) is 5. The molecular weight excluding hydrogens is 455 g/mol. The first-order valence-electron chi connectivity index (χ1n) is 11.5. The summed E-state index contributed by atoms with van der Waals surface area (Å²) in [6.07, 6.45) is -0.110. The Balaban J connectivity index is 1.44. The first-order valence-corrected chi connectivity index (χ1v) is 11.5. The minimum Gasteiger partial charge on any atom is -0.349 e. The van der Waals surface area contributed by atoms with E-state index >= 15 is 0 Å². The zero-order chi connectivity index (χ0) is 24.9. The van der Waals surface area contributed by atoms with Crippen LogP contribution in [0.3, 0.4) is 0 Å². The molecule has 0 unspecified atom stereocenters. The van der Waals surface area contributed by atoms with Crippen LogP contribution in [-0.4, -0.2) is 35.6 Å². The van der Waals surface area contributed by atoms with Crippen molar-refractivity contribution in [1.82, 2.24) is 29.1 Å². The van der Waals surface area contributed by atoms with E-state index in [1.54, 1.807) is 19.3 Å². The van der Waals surface area contributed by atoms with Crippen LogP contribution in [0, 0.1) is 6.92 Å². The number of pyridine rings is 2. The third kappa shape index (κ3) is 4.17. The zero-order valence-corrected chi connectivity index (χ0v) is 20.0. The lowest BCUT2D eigenvalue weighted by Gasteiger charge is -2.30. The first-order chi connectivity index (χ1) is 16.6. The number of fused-ring (bicyclic) bond motifs is 1. The number of aromatic nitrogens is 6. The number of rotatable bonds is 4. The third-order valence-corrected chi connectivity index (χ3v) is 6.33. The van der Waals surface area contributed by atoms with Crippen molar-refractivity contribution in [3.63, 3.8) is 0 Å². The summed E-state index contributed by atoms with van der Waals surface area (Å²) in [5.74, 6) is 2.21. The first kappa shape index (κ1) is 23.1. The maximum absolute atomic E-state index is 13.0. The molecule has 0 bridgehead atoms. The van der Waals surface area contributed by atoms with Crippen molar-refractivity contribution in [1.29, 1.82) is 0 Å². The lowest BCUT2D eigenvalue weighted by atomic mass is 10.00. The summed E-state index contributed by atoms with van der Waals surface area (Å²) >= 11 is 0. The van der Waals surface area contributed by atoms with Gasteiger partial charge in [0.15, 0.2) is 5.69 Å². The molecule has 1 aliphatic rings. The molecule has 4 aromatic heterocycles. The van der Waals surface area contributed by atoms with Gasteiger partial charge < -0.3 is 14.0 Å². The van der Waals surface area contributed by atoms with Crippen LogP contribution >= 0.6 is 0 Å². The highest BCUT2D eigenvalue weighted by Crippen LogP contribution is 2.34. The number of alkyl halides is 3. The van der Waals surface area contributed by atoms with Gasteiger partial charge in [-0.1, -0.05) is 13.8 Å². The molecule has 0 atom stereocenters. The van der Waals surface area contributed by atoms with Crippen LogP contribution in [-0.2, 0) is 26.3 Å². The summed E-state index contributed by atoms with van der Waals surface area (Å²) in [4.78, 5) is 20.0. The number of imidazole rings is 2. The monoisotopic (exact) mass is 481 g/mol. The molecule has 0 aromatic carbocycles. The summed E-state index contributed by atoms with van der Waals surface area (Å²) in [6.45, 7) is 8.40. The van der Waals surface area contributed by atoms with Crippen molar-refractivity contribution in [3.8, 4) is 22.6 Å².